The highest BCUT2D eigenvalue weighted by atomic mass is 16.5. The van der Waals surface area contributed by atoms with Crippen molar-refractivity contribution in [3.63, 3.8) is 0 Å². The maximum atomic E-state index is 12.5. The van der Waals surface area contributed by atoms with E-state index in [1.165, 1.54) is 0 Å². The Bertz CT molecular complexity index is 595. The van der Waals surface area contributed by atoms with Crippen molar-refractivity contribution in [2.45, 2.75) is 39.5 Å². The number of benzene rings is 1. The molecule has 0 aliphatic carbocycles. The first-order valence-corrected chi connectivity index (χ1v) is 10.0. The van der Waals surface area contributed by atoms with Gasteiger partial charge in [0.25, 0.3) is 5.91 Å². The molecular formula is C21H33N3O3. The summed E-state index contributed by atoms with van der Waals surface area (Å²) >= 11 is 0. The minimum atomic E-state index is -0.442. The van der Waals surface area contributed by atoms with E-state index in [9.17, 15) is 9.59 Å². The highest BCUT2D eigenvalue weighted by molar-refractivity contribution is 5.95. The van der Waals surface area contributed by atoms with E-state index in [-0.39, 0.29) is 5.91 Å². The molecule has 6 nitrogen and oxygen atoms in total. The minimum Gasteiger partial charge on any atom is -0.449 e. The van der Waals surface area contributed by atoms with E-state index in [1.54, 1.807) is 24.3 Å². The number of amides is 2. The van der Waals surface area contributed by atoms with Gasteiger partial charge < -0.3 is 14.5 Å². The molecule has 1 N–H and O–H groups in total. The van der Waals surface area contributed by atoms with E-state index in [0.717, 1.165) is 51.9 Å². The van der Waals surface area contributed by atoms with Crippen molar-refractivity contribution in [1.29, 1.82) is 0 Å². The summed E-state index contributed by atoms with van der Waals surface area (Å²) in [7, 11) is 2.06. The number of anilines is 1. The fourth-order valence-electron chi connectivity index (χ4n) is 3.13. The molecule has 1 aromatic rings. The van der Waals surface area contributed by atoms with Crippen molar-refractivity contribution in [3.8, 4) is 0 Å². The van der Waals surface area contributed by atoms with Gasteiger partial charge in [-0.1, -0.05) is 33.1 Å². The lowest BCUT2D eigenvalue weighted by Crippen LogP contribution is -2.47. The van der Waals surface area contributed by atoms with Crippen LogP contribution in [0.3, 0.4) is 0 Å². The summed E-state index contributed by atoms with van der Waals surface area (Å²) in [6.07, 6.45) is 3.97. The van der Waals surface area contributed by atoms with Crippen molar-refractivity contribution in [3.05, 3.63) is 29.8 Å². The molecule has 6 heteroatoms. The summed E-state index contributed by atoms with van der Waals surface area (Å²) in [5.74, 6) is 0.457. The zero-order valence-electron chi connectivity index (χ0n) is 16.9. The van der Waals surface area contributed by atoms with Crippen LogP contribution in [0.5, 0.6) is 0 Å². The predicted molar refractivity (Wildman–Crippen MR) is 108 cm³/mol. The Kier molecular flexibility index (Phi) is 8.58. The van der Waals surface area contributed by atoms with Crippen LogP contribution in [0.15, 0.2) is 24.3 Å². The summed E-state index contributed by atoms with van der Waals surface area (Å²) in [6, 6.07) is 7.01. The lowest BCUT2D eigenvalue weighted by molar-refractivity contribution is 0.0664. The molecule has 0 spiro atoms. The number of hydrogen-bond donors (Lipinski definition) is 1. The van der Waals surface area contributed by atoms with Gasteiger partial charge in [-0.05, 0) is 43.7 Å². The van der Waals surface area contributed by atoms with Crippen LogP contribution in [-0.2, 0) is 4.74 Å². The average molecular weight is 376 g/mol. The third-order valence-corrected chi connectivity index (χ3v) is 5.16. The molecule has 1 saturated heterocycles. The Balaban J connectivity index is 1.80. The highest BCUT2D eigenvalue weighted by Gasteiger charge is 2.20. The van der Waals surface area contributed by atoms with Crippen LogP contribution in [0.2, 0.25) is 0 Å². The molecule has 1 heterocycles. The van der Waals surface area contributed by atoms with Gasteiger partial charge in [-0.2, -0.15) is 0 Å². The van der Waals surface area contributed by atoms with Crippen LogP contribution in [0, 0.1) is 5.92 Å². The van der Waals surface area contributed by atoms with Gasteiger partial charge in [0.05, 0.1) is 6.61 Å². The molecule has 1 aliphatic rings. The smallest absolute Gasteiger partial charge is 0.411 e. The number of likely N-dealkylation sites (N-methyl/N-ethyl adjacent to an activating group) is 1. The van der Waals surface area contributed by atoms with E-state index in [4.69, 9.17) is 4.74 Å². The Morgan fingerprint density at radius 1 is 1.11 bits per heavy atom. The van der Waals surface area contributed by atoms with Gasteiger partial charge in [-0.25, -0.2) is 4.79 Å². The predicted octanol–water partition coefficient (Wildman–Crippen LogP) is 3.84. The van der Waals surface area contributed by atoms with E-state index < -0.39 is 6.09 Å². The standard InChI is InChI=1S/C21H33N3O3/c1-4-6-7-17(5-2)16-27-21(26)22-19-10-8-18(9-11-19)20(25)24-14-12-23(3)13-15-24/h8-11,17H,4-7,12-16H2,1-3H3,(H,22,26). The van der Waals surface area contributed by atoms with Crippen LogP contribution in [0.25, 0.3) is 0 Å². The van der Waals surface area contributed by atoms with Gasteiger partial charge in [-0.3, -0.25) is 10.1 Å². The van der Waals surface area contributed by atoms with Gasteiger partial charge in [0, 0.05) is 37.4 Å². The van der Waals surface area contributed by atoms with Crippen LogP contribution >= 0.6 is 0 Å². The minimum absolute atomic E-state index is 0.0407. The summed E-state index contributed by atoms with van der Waals surface area (Å²) in [4.78, 5) is 28.6. The molecule has 1 aliphatic heterocycles. The van der Waals surface area contributed by atoms with Gasteiger partial charge in [-0.15, -0.1) is 0 Å². The van der Waals surface area contributed by atoms with Crippen molar-refractivity contribution in [2.24, 2.45) is 5.92 Å². The van der Waals surface area contributed by atoms with Gasteiger partial charge in [0.15, 0.2) is 0 Å². The second-order valence-electron chi connectivity index (χ2n) is 7.31. The molecule has 0 bridgehead atoms. The largest absolute Gasteiger partial charge is 0.449 e. The zero-order chi connectivity index (χ0) is 19.6. The molecular weight excluding hydrogens is 342 g/mol. The van der Waals surface area contributed by atoms with Crippen molar-refractivity contribution < 1.29 is 14.3 Å². The number of ether oxygens (including phenoxy) is 1. The molecule has 150 valence electrons. The van der Waals surface area contributed by atoms with Gasteiger partial charge >= 0.3 is 6.09 Å². The number of hydrogen-bond acceptors (Lipinski definition) is 4. The lowest BCUT2D eigenvalue weighted by Gasteiger charge is -2.32. The summed E-state index contributed by atoms with van der Waals surface area (Å²) in [6.45, 7) is 8.03. The lowest BCUT2D eigenvalue weighted by atomic mass is 10.0. The van der Waals surface area contributed by atoms with Gasteiger partial charge in [0.1, 0.15) is 0 Å². The maximum absolute atomic E-state index is 12.5. The van der Waals surface area contributed by atoms with E-state index >= 15 is 0 Å². The normalized spacial score (nSPS) is 16.0. The molecule has 27 heavy (non-hydrogen) atoms. The monoisotopic (exact) mass is 375 g/mol. The number of carbonyl (C=O) groups is 2. The average Bonchev–Trinajstić information content (AvgIpc) is 2.69. The van der Waals surface area contributed by atoms with E-state index in [2.05, 4.69) is 31.1 Å². The fraction of sp³-hybridized carbons (Fsp3) is 0.619. The first kappa shape index (κ1) is 21.2. The number of piperazine rings is 1. The quantitative estimate of drug-likeness (QED) is 0.750. The Morgan fingerprint density at radius 3 is 2.37 bits per heavy atom. The fourth-order valence-corrected chi connectivity index (χ4v) is 3.13. The number of rotatable bonds is 8. The first-order valence-electron chi connectivity index (χ1n) is 10.0. The highest BCUT2D eigenvalue weighted by Crippen LogP contribution is 2.15. The number of carbonyl (C=O) groups excluding carboxylic acids is 2. The van der Waals surface area contributed by atoms with Crippen LogP contribution in [-0.4, -0.2) is 61.6 Å². The zero-order valence-corrected chi connectivity index (χ0v) is 16.9. The molecule has 1 unspecified atom stereocenters. The van der Waals surface area contributed by atoms with Crippen LogP contribution in [0.1, 0.15) is 49.9 Å². The number of nitrogens with one attached hydrogen (secondary N) is 1. The summed E-state index contributed by atoms with van der Waals surface area (Å²) < 4.78 is 5.35. The molecule has 0 radical (unpaired) electrons. The maximum Gasteiger partial charge on any atom is 0.411 e. The molecule has 2 amide bonds. The molecule has 1 aromatic carbocycles. The van der Waals surface area contributed by atoms with Gasteiger partial charge in [0.2, 0.25) is 0 Å². The summed E-state index contributed by atoms with van der Waals surface area (Å²) in [5.41, 5.74) is 1.28. The molecule has 1 atom stereocenters. The number of unbranched alkanes of at least 4 members (excludes halogenated alkanes) is 1. The SMILES string of the molecule is CCCCC(CC)COC(=O)Nc1ccc(C(=O)N2CCN(C)CC2)cc1. The van der Waals surface area contributed by atoms with Crippen LogP contribution < -0.4 is 5.32 Å². The first-order chi connectivity index (χ1) is 13.0. The summed E-state index contributed by atoms with van der Waals surface area (Å²) in [5, 5.41) is 2.74. The third kappa shape index (κ3) is 6.86. The molecule has 2 rings (SSSR count). The number of nitrogens with zero attached hydrogens (tertiary/aromatic N) is 2. The molecule has 0 aromatic heterocycles. The van der Waals surface area contributed by atoms with Crippen molar-refractivity contribution in [2.75, 3.05) is 45.2 Å². The second kappa shape index (κ2) is 10.9. The second-order valence-corrected chi connectivity index (χ2v) is 7.31. The van der Waals surface area contributed by atoms with E-state index in [1.807, 2.05) is 4.90 Å². The topological polar surface area (TPSA) is 61.9 Å². The van der Waals surface area contributed by atoms with E-state index in [0.29, 0.717) is 23.8 Å². The van der Waals surface area contributed by atoms with Crippen molar-refractivity contribution in [1.82, 2.24) is 9.80 Å². The van der Waals surface area contributed by atoms with Crippen LogP contribution in [0.4, 0.5) is 10.5 Å². The molecule has 0 saturated carbocycles. The third-order valence-electron chi connectivity index (χ3n) is 5.16. The van der Waals surface area contributed by atoms with Crippen molar-refractivity contribution >= 4 is 17.7 Å². The Morgan fingerprint density at radius 2 is 1.78 bits per heavy atom. The Labute approximate surface area is 162 Å². The Hall–Kier alpha value is -2.08. The molecule has 1 fully saturated rings.